The molecule has 2 N–H and O–H groups in total. The second kappa shape index (κ2) is 17.4. The molecule has 0 aromatic rings. The van der Waals surface area contributed by atoms with E-state index in [0.717, 1.165) is 19.3 Å². The molecule has 0 saturated carbocycles. The van der Waals surface area contributed by atoms with E-state index in [1.54, 1.807) is 0 Å². The molecule has 0 spiro atoms. The van der Waals surface area contributed by atoms with Crippen LogP contribution in [-0.2, 0) is 9.59 Å². The Labute approximate surface area is 162 Å². The molecule has 0 radical (unpaired) electrons. The van der Waals surface area contributed by atoms with Crippen molar-refractivity contribution in [3.63, 3.8) is 0 Å². The summed E-state index contributed by atoms with van der Waals surface area (Å²) in [4.78, 5) is 24.3. The van der Waals surface area contributed by atoms with Crippen LogP contribution in [0.25, 0.3) is 0 Å². The monoisotopic (exact) mass is 368 g/mol. The molecule has 0 heterocycles. The summed E-state index contributed by atoms with van der Waals surface area (Å²) < 4.78 is 0. The van der Waals surface area contributed by atoms with Gasteiger partial charge in [-0.05, 0) is 19.3 Å². The molecule has 0 aromatic heterocycles. The third kappa shape index (κ3) is 13.2. The summed E-state index contributed by atoms with van der Waals surface area (Å²) in [6.07, 6.45) is 15.5. The first-order valence-electron chi connectivity index (χ1n) is 11.1. The Kier molecular flexibility index (Phi) is 16.7. The molecule has 0 rings (SSSR count). The van der Waals surface area contributed by atoms with Crippen molar-refractivity contribution in [1.29, 1.82) is 0 Å². The van der Waals surface area contributed by atoms with E-state index in [2.05, 4.69) is 17.6 Å². The molecule has 0 bridgehead atoms. The Morgan fingerprint density at radius 1 is 0.769 bits per heavy atom. The average molecular weight is 369 g/mol. The average Bonchev–Trinajstić information content (AvgIpc) is 2.63. The number of carbonyl (C=O) groups is 2. The summed E-state index contributed by atoms with van der Waals surface area (Å²) in [6, 6.07) is -0.403. The van der Waals surface area contributed by atoms with Crippen molar-refractivity contribution in [3.8, 4) is 0 Å². The van der Waals surface area contributed by atoms with Crippen molar-refractivity contribution in [3.05, 3.63) is 0 Å². The van der Waals surface area contributed by atoms with Crippen LogP contribution in [0, 0.1) is 5.92 Å². The lowest BCUT2D eigenvalue weighted by Gasteiger charge is -2.23. The first kappa shape index (κ1) is 24.9. The van der Waals surface area contributed by atoms with Crippen molar-refractivity contribution < 1.29 is 9.59 Å². The molecule has 4 heteroatoms. The lowest BCUT2D eigenvalue weighted by molar-refractivity contribution is -0.130. The molecule has 0 saturated heterocycles. The molecule has 154 valence electrons. The molecule has 0 aromatic carbocycles. The number of hydrogen-bond donors (Lipinski definition) is 2. The molecule has 2 amide bonds. The fraction of sp³-hybridized carbons (Fsp3) is 0.909. The Morgan fingerprint density at radius 2 is 1.27 bits per heavy atom. The quantitative estimate of drug-likeness (QED) is 0.340. The van der Waals surface area contributed by atoms with Gasteiger partial charge in [-0.1, -0.05) is 91.4 Å². The van der Waals surface area contributed by atoms with Gasteiger partial charge in [-0.3, -0.25) is 9.59 Å². The minimum Gasteiger partial charge on any atom is -0.355 e. The lowest BCUT2D eigenvalue weighted by atomic mass is 9.98. The first-order chi connectivity index (χ1) is 12.6. The molecule has 0 aliphatic heterocycles. The number of hydrogen-bond acceptors (Lipinski definition) is 2. The van der Waals surface area contributed by atoms with Crippen LogP contribution in [0.15, 0.2) is 0 Å². The highest BCUT2D eigenvalue weighted by Gasteiger charge is 2.24. The van der Waals surface area contributed by atoms with E-state index < -0.39 is 6.04 Å². The summed E-state index contributed by atoms with van der Waals surface area (Å²) in [6.45, 7) is 8.82. The van der Waals surface area contributed by atoms with E-state index >= 15 is 0 Å². The van der Waals surface area contributed by atoms with E-state index in [9.17, 15) is 9.59 Å². The zero-order chi connectivity index (χ0) is 19.6. The second-order valence-electron chi connectivity index (χ2n) is 7.61. The predicted octanol–water partition coefficient (Wildman–Crippen LogP) is 5.35. The predicted molar refractivity (Wildman–Crippen MR) is 111 cm³/mol. The third-order valence-electron chi connectivity index (χ3n) is 5.17. The topological polar surface area (TPSA) is 58.2 Å². The molecule has 4 nitrogen and oxygen atoms in total. The standard InChI is InChI=1S/C22H44N2O2/c1-5-8-9-10-11-12-13-14-15-16-17-18-20(25)24-21(19(4)6-2)22(26)23-7-3/h19,21H,5-18H2,1-4H3,(H,23,26)(H,24,25)/t19-,21-/m0/s1. The summed E-state index contributed by atoms with van der Waals surface area (Å²) in [5.41, 5.74) is 0. The van der Waals surface area contributed by atoms with E-state index in [1.807, 2.05) is 20.8 Å². The van der Waals surface area contributed by atoms with Crippen LogP contribution in [0.2, 0.25) is 0 Å². The van der Waals surface area contributed by atoms with Gasteiger partial charge < -0.3 is 10.6 Å². The largest absolute Gasteiger partial charge is 0.355 e. The van der Waals surface area contributed by atoms with Crippen LogP contribution in [0.4, 0.5) is 0 Å². The van der Waals surface area contributed by atoms with Gasteiger partial charge in [-0.2, -0.15) is 0 Å². The summed E-state index contributed by atoms with van der Waals surface area (Å²) in [7, 11) is 0. The van der Waals surface area contributed by atoms with Gasteiger partial charge in [0.15, 0.2) is 0 Å². The van der Waals surface area contributed by atoms with Crippen molar-refractivity contribution in [2.75, 3.05) is 6.54 Å². The molecule has 2 atom stereocenters. The zero-order valence-electron chi connectivity index (χ0n) is 17.9. The molecule has 0 aliphatic carbocycles. The molecule has 0 unspecified atom stereocenters. The van der Waals surface area contributed by atoms with Gasteiger partial charge in [0, 0.05) is 13.0 Å². The minimum atomic E-state index is -0.403. The van der Waals surface area contributed by atoms with Crippen molar-refractivity contribution >= 4 is 11.8 Å². The van der Waals surface area contributed by atoms with Crippen molar-refractivity contribution in [2.45, 2.75) is 117 Å². The molecule has 0 aliphatic rings. The number of likely N-dealkylation sites (N-methyl/N-ethyl adjacent to an activating group) is 1. The van der Waals surface area contributed by atoms with Crippen LogP contribution in [0.3, 0.4) is 0 Å². The van der Waals surface area contributed by atoms with E-state index in [0.29, 0.717) is 13.0 Å². The third-order valence-corrected chi connectivity index (χ3v) is 5.17. The van der Waals surface area contributed by atoms with Crippen LogP contribution in [-0.4, -0.2) is 24.4 Å². The molecular weight excluding hydrogens is 324 g/mol. The van der Waals surface area contributed by atoms with Gasteiger partial charge in [0.1, 0.15) is 6.04 Å². The lowest BCUT2D eigenvalue weighted by Crippen LogP contribution is -2.50. The minimum absolute atomic E-state index is 0.0116. The Balaban J connectivity index is 3.75. The highest BCUT2D eigenvalue weighted by atomic mass is 16.2. The van der Waals surface area contributed by atoms with Crippen LogP contribution in [0.1, 0.15) is 111 Å². The first-order valence-corrected chi connectivity index (χ1v) is 11.1. The maximum absolute atomic E-state index is 12.2. The number of nitrogens with one attached hydrogen (secondary N) is 2. The van der Waals surface area contributed by atoms with Gasteiger partial charge in [0.25, 0.3) is 0 Å². The molecule has 0 fully saturated rings. The van der Waals surface area contributed by atoms with Crippen LogP contribution in [0.5, 0.6) is 0 Å². The number of rotatable bonds is 17. The Hall–Kier alpha value is -1.06. The normalized spacial score (nSPS) is 13.2. The maximum atomic E-state index is 12.2. The Morgan fingerprint density at radius 3 is 1.73 bits per heavy atom. The Bertz CT molecular complexity index is 358. The number of unbranched alkanes of at least 4 members (excludes halogenated alkanes) is 10. The highest BCUT2D eigenvalue weighted by molar-refractivity contribution is 5.87. The molecular formula is C22H44N2O2. The number of amides is 2. The van der Waals surface area contributed by atoms with Gasteiger partial charge in [-0.25, -0.2) is 0 Å². The SMILES string of the molecule is CCCCCCCCCCCCCC(=O)N[C@H](C(=O)NCC)[C@@H](C)CC. The van der Waals surface area contributed by atoms with E-state index in [1.165, 1.54) is 57.8 Å². The fourth-order valence-electron chi connectivity index (χ4n) is 3.18. The van der Waals surface area contributed by atoms with Crippen LogP contribution < -0.4 is 10.6 Å². The fourth-order valence-corrected chi connectivity index (χ4v) is 3.18. The summed E-state index contributed by atoms with van der Waals surface area (Å²) >= 11 is 0. The smallest absolute Gasteiger partial charge is 0.242 e. The summed E-state index contributed by atoms with van der Waals surface area (Å²) in [5.74, 6) is 0.106. The maximum Gasteiger partial charge on any atom is 0.242 e. The van der Waals surface area contributed by atoms with Gasteiger partial charge >= 0.3 is 0 Å². The van der Waals surface area contributed by atoms with Crippen molar-refractivity contribution in [1.82, 2.24) is 10.6 Å². The van der Waals surface area contributed by atoms with Gasteiger partial charge in [-0.15, -0.1) is 0 Å². The zero-order valence-corrected chi connectivity index (χ0v) is 17.9. The second-order valence-corrected chi connectivity index (χ2v) is 7.61. The number of carbonyl (C=O) groups excluding carboxylic acids is 2. The summed E-state index contributed by atoms with van der Waals surface area (Å²) in [5, 5.41) is 5.76. The van der Waals surface area contributed by atoms with Gasteiger partial charge in [0.2, 0.25) is 11.8 Å². The van der Waals surface area contributed by atoms with E-state index in [-0.39, 0.29) is 17.7 Å². The molecule has 26 heavy (non-hydrogen) atoms. The van der Waals surface area contributed by atoms with Gasteiger partial charge in [0.05, 0.1) is 0 Å². The van der Waals surface area contributed by atoms with Crippen LogP contribution >= 0.6 is 0 Å². The highest BCUT2D eigenvalue weighted by Crippen LogP contribution is 2.12. The van der Waals surface area contributed by atoms with E-state index in [4.69, 9.17) is 0 Å². The van der Waals surface area contributed by atoms with Crippen molar-refractivity contribution in [2.24, 2.45) is 5.92 Å².